The minimum Gasteiger partial charge on any atom is -0.392 e. The summed E-state index contributed by atoms with van der Waals surface area (Å²) in [5.74, 6) is 1.05. The number of carbonyl (C=O) groups is 1. The highest BCUT2D eigenvalue weighted by atomic mass is 16.3. The molecule has 0 radical (unpaired) electrons. The number of aromatic amines is 1. The van der Waals surface area contributed by atoms with E-state index in [0.717, 1.165) is 18.7 Å². The van der Waals surface area contributed by atoms with Gasteiger partial charge in [0.05, 0.1) is 6.10 Å². The van der Waals surface area contributed by atoms with Gasteiger partial charge >= 0.3 is 0 Å². The number of H-pyrrole nitrogens is 1. The Balaban J connectivity index is 1.93. The molecule has 1 saturated carbocycles. The Morgan fingerprint density at radius 1 is 1.73 bits per heavy atom. The summed E-state index contributed by atoms with van der Waals surface area (Å²) in [6.45, 7) is 1.82. The van der Waals surface area contributed by atoms with Crippen molar-refractivity contribution in [3.63, 3.8) is 0 Å². The molecule has 1 amide bonds. The average Bonchev–Trinajstić information content (AvgIpc) is 2.93. The van der Waals surface area contributed by atoms with Crippen LogP contribution in [0.3, 0.4) is 0 Å². The van der Waals surface area contributed by atoms with E-state index in [9.17, 15) is 4.79 Å². The summed E-state index contributed by atoms with van der Waals surface area (Å²) in [6, 6.07) is 0. The summed E-state index contributed by atoms with van der Waals surface area (Å²) in [7, 11) is 0. The van der Waals surface area contributed by atoms with Crippen molar-refractivity contribution in [1.82, 2.24) is 20.5 Å². The summed E-state index contributed by atoms with van der Waals surface area (Å²) in [6.07, 6.45) is 1.67. The van der Waals surface area contributed by atoms with Crippen molar-refractivity contribution >= 4 is 5.91 Å². The molecule has 2 rings (SSSR count). The highest BCUT2D eigenvalue weighted by molar-refractivity contribution is 5.90. The molecule has 3 N–H and O–H groups in total. The average molecular weight is 210 g/mol. The van der Waals surface area contributed by atoms with Gasteiger partial charge in [-0.15, -0.1) is 5.10 Å². The molecular weight excluding hydrogens is 196 g/mol. The zero-order valence-corrected chi connectivity index (χ0v) is 8.53. The van der Waals surface area contributed by atoms with Gasteiger partial charge in [-0.2, -0.15) is 0 Å². The molecule has 0 aliphatic heterocycles. The first-order valence-corrected chi connectivity index (χ1v) is 5.05. The number of nitrogens with zero attached hydrogens (tertiary/aromatic N) is 2. The largest absolute Gasteiger partial charge is 0.392 e. The molecule has 0 spiro atoms. The molecule has 1 aliphatic carbocycles. The first-order chi connectivity index (χ1) is 7.16. The number of carbonyl (C=O) groups excluding carboxylic acids is 1. The number of amides is 1. The van der Waals surface area contributed by atoms with Crippen molar-refractivity contribution < 1.29 is 9.90 Å². The lowest BCUT2D eigenvalue weighted by Gasteiger charge is -2.03. The van der Waals surface area contributed by atoms with Gasteiger partial charge in [-0.3, -0.25) is 9.89 Å². The van der Waals surface area contributed by atoms with Gasteiger partial charge in [0.25, 0.3) is 5.91 Å². The van der Waals surface area contributed by atoms with Gasteiger partial charge in [0.15, 0.2) is 0 Å². The zero-order valence-electron chi connectivity index (χ0n) is 8.53. The van der Waals surface area contributed by atoms with Crippen LogP contribution in [-0.2, 0) is 0 Å². The highest BCUT2D eigenvalue weighted by Crippen LogP contribution is 2.37. The van der Waals surface area contributed by atoms with E-state index >= 15 is 0 Å². The van der Waals surface area contributed by atoms with Crippen LogP contribution in [0.2, 0.25) is 0 Å². The lowest BCUT2D eigenvalue weighted by molar-refractivity contribution is 0.0914. The maximum atomic E-state index is 11.4. The van der Waals surface area contributed by atoms with Crippen molar-refractivity contribution in [2.45, 2.75) is 31.8 Å². The highest BCUT2D eigenvalue weighted by Gasteiger charge is 2.28. The zero-order chi connectivity index (χ0) is 10.8. The summed E-state index contributed by atoms with van der Waals surface area (Å²) in [4.78, 5) is 15.5. The number of rotatable bonds is 4. The normalized spacial score (nSPS) is 17.5. The van der Waals surface area contributed by atoms with Crippen molar-refractivity contribution in [3.05, 3.63) is 11.6 Å². The van der Waals surface area contributed by atoms with Crippen molar-refractivity contribution in [2.75, 3.05) is 6.54 Å². The van der Waals surface area contributed by atoms with Crippen LogP contribution in [0.5, 0.6) is 0 Å². The third-order valence-electron chi connectivity index (χ3n) is 2.23. The van der Waals surface area contributed by atoms with Crippen molar-refractivity contribution in [1.29, 1.82) is 0 Å². The van der Waals surface area contributed by atoms with Crippen LogP contribution in [0.25, 0.3) is 0 Å². The molecule has 82 valence electrons. The van der Waals surface area contributed by atoms with E-state index in [1.807, 2.05) is 0 Å². The molecule has 0 saturated heterocycles. The molecule has 0 unspecified atom stereocenters. The monoisotopic (exact) mass is 210 g/mol. The minimum absolute atomic E-state index is 0.151. The third-order valence-corrected chi connectivity index (χ3v) is 2.23. The van der Waals surface area contributed by atoms with E-state index in [0.29, 0.717) is 5.92 Å². The fourth-order valence-corrected chi connectivity index (χ4v) is 1.23. The predicted molar refractivity (Wildman–Crippen MR) is 52.4 cm³/mol. The number of hydrogen-bond acceptors (Lipinski definition) is 4. The number of aliphatic hydroxyl groups excluding tert-OH is 1. The fraction of sp³-hybridized carbons (Fsp3) is 0.667. The van der Waals surface area contributed by atoms with E-state index in [1.54, 1.807) is 6.92 Å². The molecule has 1 aromatic rings. The van der Waals surface area contributed by atoms with E-state index in [-0.39, 0.29) is 18.3 Å². The quantitative estimate of drug-likeness (QED) is 0.641. The van der Waals surface area contributed by atoms with Crippen LogP contribution in [0.1, 0.15) is 42.1 Å². The van der Waals surface area contributed by atoms with Crippen molar-refractivity contribution in [3.8, 4) is 0 Å². The molecule has 0 bridgehead atoms. The Morgan fingerprint density at radius 2 is 2.47 bits per heavy atom. The fourth-order valence-electron chi connectivity index (χ4n) is 1.23. The maximum Gasteiger partial charge on any atom is 0.291 e. The van der Waals surface area contributed by atoms with E-state index in [2.05, 4.69) is 20.5 Å². The van der Waals surface area contributed by atoms with Crippen LogP contribution >= 0.6 is 0 Å². The first-order valence-electron chi connectivity index (χ1n) is 5.05. The minimum atomic E-state index is -0.559. The SMILES string of the molecule is C[C@H](O)CNC(=O)c1n[nH]c(C2CC2)n1. The van der Waals surface area contributed by atoms with E-state index in [4.69, 9.17) is 5.11 Å². The predicted octanol–water partition coefficient (Wildman–Crippen LogP) is -0.207. The van der Waals surface area contributed by atoms with Crippen LogP contribution in [0.4, 0.5) is 0 Å². The Bertz CT molecular complexity index is 357. The molecule has 15 heavy (non-hydrogen) atoms. The molecule has 1 aliphatic rings. The molecule has 1 aromatic heterocycles. The number of aromatic nitrogens is 3. The van der Waals surface area contributed by atoms with Crippen LogP contribution in [-0.4, -0.2) is 38.8 Å². The topological polar surface area (TPSA) is 90.9 Å². The Labute approximate surface area is 87.1 Å². The number of nitrogens with one attached hydrogen (secondary N) is 2. The molecule has 1 atom stereocenters. The van der Waals surface area contributed by atoms with E-state index < -0.39 is 6.10 Å². The molecule has 6 heteroatoms. The molecule has 1 fully saturated rings. The van der Waals surface area contributed by atoms with Gasteiger partial charge in [-0.1, -0.05) is 0 Å². The van der Waals surface area contributed by atoms with Crippen LogP contribution in [0.15, 0.2) is 0 Å². The second-order valence-electron chi connectivity index (χ2n) is 3.88. The number of aliphatic hydroxyl groups is 1. The van der Waals surface area contributed by atoms with Gasteiger partial charge in [0, 0.05) is 12.5 Å². The second kappa shape index (κ2) is 3.98. The van der Waals surface area contributed by atoms with Crippen LogP contribution < -0.4 is 5.32 Å². The van der Waals surface area contributed by atoms with Crippen LogP contribution in [0, 0.1) is 0 Å². The number of hydrogen-bond donors (Lipinski definition) is 3. The van der Waals surface area contributed by atoms with Gasteiger partial charge in [-0.25, -0.2) is 4.98 Å². The van der Waals surface area contributed by atoms with Gasteiger partial charge in [-0.05, 0) is 19.8 Å². The summed E-state index contributed by atoms with van der Waals surface area (Å²) < 4.78 is 0. The standard InChI is InChI=1S/C9H14N4O2/c1-5(14)4-10-9(15)8-11-7(12-13-8)6-2-3-6/h5-6,14H,2-4H2,1H3,(H,10,15)(H,11,12,13)/t5-/m0/s1. The van der Waals surface area contributed by atoms with Gasteiger partial charge in [0.1, 0.15) is 5.82 Å². The Kier molecular flexibility index (Phi) is 2.68. The molecule has 1 heterocycles. The molecular formula is C9H14N4O2. The Hall–Kier alpha value is -1.43. The third kappa shape index (κ3) is 2.53. The lowest BCUT2D eigenvalue weighted by atomic mass is 10.4. The molecule has 0 aromatic carbocycles. The lowest BCUT2D eigenvalue weighted by Crippen LogP contribution is -2.31. The second-order valence-corrected chi connectivity index (χ2v) is 3.88. The summed E-state index contributed by atoms with van der Waals surface area (Å²) in [5, 5.41) is 18.1. The van der Waals surface area contributed by atoms with E-state index in [1.165, 1.54) is 0 Å². The van der Waals surface area contributed by atoms with Crippen molar-refractivity contribution in [2.24, 2.45) is 0 Å². The summed E-state index contributed by atoms with van der Waals surface area (Å²) >= 11 is 0. The molecule has 6 nitrogen and oxygen atoms in total. The van der Waals surface area contributed by atoms with Gasteiger partial charge < -0.3 is 10.4 Å². The first kappa shape index (κ1) is 10.1. The summed E-state index contributed by atoms with van der Waals surface area (Å²) in [5.41, 5.74) is 0. The smallest absolute Gasteiger partial charge is 0.291 e. The Morgan fingerprint density at radius 3 is 3.07 bits per heavy atom. The maximum absolute atomic E-state index is 11.4. The van der Waals surface area contributed by atoms with Gasteiger partial charge in [0.2, 0.25) is 5.82 Å².